The summed E-state index contributed by atoms with van der Waals surface area (Å²) in [4.78, 5) is 0.389. The van der Waals surface area contributed by atoms with Crippen LogP contribution in [0.3, 0.4) is 0 Å². The standard InChI is InChI=1S/C15H22ClNO2S2/c1-15(2)12-17(10-11-20-15)21(18,19)14-7-5-13(6-8-14)4-3-9-16/h5-8H,3-4,9-12H2,1-2H3. The number of halogens is 1. The lowest BCUT2D eigenvalue weighted by Gasteiger charge is -2.36. The van der Waals surface area contributed by atoms with Crippen molar-refractivity contribution in [2.45, 2.75) is 36.3 Å². The maximum absolute atomic E-state index is 12.7. The topological polar surface area (TPSA) is 37.4 Å². The smallest absolute Gasteiger partial charge is 0.207 e. The molecule has 0 aliphatic carbocycles. The third-order valence-corrected chi connectivity index (χ3v) is 6.97. The average molecular weight is 348 g/mol. The van der Waals surface area contributed by atoms with E-state index < -0.39 is 10.0 Å². The quantitative estimate of drug-likeness (QED) is 0.766. The van der Waals surface area contributed by atoms with Crippen LogP contribution in [0.15, 0.2) is 29.2 Å². The highest BCUT2D eigenvalue weighted by Crippen LogP contribution is 2.32. The van der Waals surface area contributed by atoms with E-state index in [1.165, 1.54) is 0 Å². The summed E-state index contributed by atoms with van der Waals surface area (Å²) in [5.74, 6) is 1.47. The monoisotopic (exact) mass is 347 g/mol. The van der Waals surface area contributed by atoms with Gasteiger partial charge in [0.25, 0.3) is 0 Å². The molecular formula is C15H22ClNO2S2. The van der Waals surface area contributed by atoms with Crippen LogP contribution >= 0.6 is 23.4 Å². The van der Waals surface area contributed by atoms with E-state index in [1.54, 1.807) is 16.4 Å². The van der Waals surface area contributed by atoms with Gasteiger partial charge in [-0.1, -0.05) is 12.1 Å². The number of sulfonamides is 1. The molecule has 1 fully saturated rings. The summed E-state index contributed by atoms with van der Waals surface area (Å²) in [5, 5.41) is 0. The van der Waals surface area contributed by atoms with Crippen molar-refractivity contribution in [3.63, 3.8) is 0 Å². The molecule has 3 nitrogen and oxygen atoms in total. The Morgan fingerprint density at radius 1 is 1.29 bits per heavy atom. The predicted molar refractivity (Wildman–Crippen MR) is 90.8 cm³/mol. The minimum Gasteiger partial charge on any atom is -0.207 e. The molecule has 0 spiro atoms. The first-order valence-corrected chi connectivity index (χ1v) is 10.1. The van der Waals surface area contributed by atoms with Gasteiger partial charge >= 0.3 is 0 Å². The highest BCUT2D eigenvalue weighted by Gasteiger charge is 2.34. The zero-order chi connectivity index (χ0) is 15.5. The molecule has 1 aromatic carbocycles. The molecule has 0 aromatic heterocycles. The van der Waals surface area contributed by atoms with Crippen LogP contribution in [0.1, 0.15) is 25.8 Å². The van der Waals surface area contributed by atoms with Crippen molar-refractivity contribution < 1.29 is 8.42 Å². The fraction of sp³-hybridized carbons (Fsp3) is 0.600. The van der Waals surface area contributed by atoms with Gasteiger partial charge in [-0.25, -0.2) is 8.42 Å². The van der Waals surface area contributed by atoms with Crippen LogP contribution in [0.5, 0.6) is 0 Å². The normalized spacial score (nSPS) is 19.6. The van der Waals surface area contributed by atoms with Crippen LogP contribution in [-0.4, -0.2) is 42.2 Å². The van der Waals surface area contributed by atoms with Gasteiger partial charge in [-0.2, -0.15) is 16.1 Å². The highest BCUT2D eigenvalue weighted by atomic mass is 35.5. The van der Waals surface area contributed by atoms with Crippen LogP contribution in [0.2, 0.25) is 0 Å². The summed E-state index contributed by atoms with van der Waals surface area (Å²) in [5.41, 5.74) is 1.13. The van der Waals surface area contributed by atoms with E-state index in [0.717, 1.165) is 24.2 Å². The zero-order valence-corrected chi connectivity index (χ0v) is 14.9. The Kier molecular flexibility index (Phi) is 5.63. The molecule has 0 radical (unpaired) electrons. The Bertz CT molecular complexity index is 570. The fourth-order valence-electron chi connectivity index (χ4n) is 2.43. The number of thioether (sulfide) groups is 1. The van der Waals surface area contributed by atoms with Crippen molar-refractivity contribution in [1.29, 1.82) is 0 Å². The number of aryl methyl sites for hydroxylation is 1. The van der Waals surface area contributed by atoms with Crippen molar-refractivity contribution in [1.82, 2.24) is 4.31 Å². The lowest BCUT2D eigenvalue weighted by atomic mass is 10.1. The van der Waals surface area contributed by atoms with E-state index in [-0.39, 0.29) is 4.75 Å². The SMILES string of the molecule is CC1(C)CN(S(=O)(=O)c2ccc(CCCCl)cc2)CCS1. The Hall–Kier alpha value is -0.230. The predicted octanol–water partition coefficient (Wildman–Crippen LogP) is 3.37. The van der Waals surface area contributed by atoms with Crippen molar-refractivity contribution in [3.05, 3.63) is 29.8 Å². The Labute approximate surface area is 137 Å². The molecule has 1 aromatic rings. The Morgan fingerprint density at radius 2 is 1.95 bits per heavy atom. The number of alkyl halides is 1. The molecule has 21 heavy (non-hydrogen) atoms. The number of hydrogen-bond acceptors (Lipinski definition) is 3. The largest absolute Gasteiger partial charge is 0.243 e. The lowest BCUT2D eigenvalue weighted by Crippen LogP contribution is -2.46. The zero-order valence-electron chi connectivity index (χ0n) is 12.5. The van der Waals surface area contributed by atoms with Gasteiger partial charge in [0, 0.05) is 29.5 Å². The number of benzene rings is 1. The summed E-state index contributed by atoms with van der Waals surface area (Å²) in [7, 11) is -3.38. The highest BCUT2D eigenvalue weighted by molar-refractivity contribution is 8.00. The molecule has 0 bridgehead atoms. The molecule has 1 aliphatic rings. The lowest BCUT2D eigenvalue weighted by molar-refractivity contribution is 0.387. The summed E-state index contributed by atoms with van der Waals surface area (Å²) >= 11 is 7.51. The van der Waals surface area contributed by atoms with Gasteiger partial charge in [-0.05, 0) is 44.4 Å². The van der Waals surface area contributed by atoms with Crippen molar-refractivity contribution in [2.75, 3.05) is 24.7 Å². The van der Waals surface area contributed by atoms with Crippen LogP contribution < -0.4 is 0 Å². The first-order valence-electron chi connectivity index (χ1n) is 7.14. The van der Waals surface area contributed by atoms with Gasteiger partial charge in [0.15, 0.2) is 0 Å². The van der Waals surface area contributed by atoms with Crippen LogP contribution in [-0.2, 0) is 16.4 Å². The van der Waals surface area contributed by atoms with Gasteiger partial charge in [-0.15, -0.1) is 11.6 Å². The van der Waals surface area contributed by atoms with Gasteiger partial charge in [0.05, 0.1) is 4.90 Å². The number of rotatable bonds is 5. The second-order valence-electron chi connectivity index (χ2n) is 5.88. The van der Waals surface area contributed by atoms with Crippen molar-refractivity contribution in [3.8, 4) is 0 Å². The molecule has 0 unspecified atom stereocenters. The van der Waals surface area contributed by atoms with Crippen molar-refractivity contribution in [2.24, 2.45) is 0 Å². The molecule has 6 heteroatoms. The van der Waals surface area contributed by atoms with E-state index in [2.05, 4.69) is 13.8 Å². The third-order valence-electron chi connectivity index (χ3n) is 3.55. The van der Waals surface area contributed by atoms with Gasteiger partial charge in [0.1, 0.15) is 0 Å². The van der Waals surface area contributed by atoms with E-state index in [9.17, 15) is 8.42 Å². The van der Waals surface area contributed by atoms with E-state index >= 15 is 0 Å². The second kappa shape index (κ2) is 6.90. The summed E-state index contributed by atoms with van der Waals surface area (Å²) in [6, 6.07) is 7.22. The first kappa shape index (κ1) is 17.1. The van der Waals surface area contributed by atoms with E-state index in [0.29, 0.717) is 23.9 Å². The minimum absolute atomic E-state index is 0.0222. The fourth-order valence-corrected chi connectivity index (χ4v) is 5.47. The minimum atomic E-state index is -3.38. The molecule has 0 amide bonds. The molecule has 118 valence electrons. The van der Waals surface area contributed by atoms with Crippen molar-refractivity contribution >= 4 is 33.4 Å². The van der Waals surface area contributed by atoms with Gasteiger partial charge in [0.2, 0.25) is 10.0 Å². The van der Waals surface area contributed by atoms with E-state index in [4.69, 9.17) is 11.6 Å². The maximum atomic E-state index is 12.7. The Morgan fingerprint density at radius 3 is 2.52 bits per heavy atom. The van der Waals surface area contributed by atoms with Crippen LogP contribution in [0, 0.1) is 0 Å². The van der Waals surface area contributed by atoms with Gasteiger partial charge < -0.3 is 0 Å². The van der Waals surface area contributed by atoms with E-state index in [1.807, 2.05) is 23.9 Å². The first-order chi connectivity index (χ1) is 9.85. The van der Waals surface area contributed by atoms with Gasteiger partial charge in [-0.3, -0.25) is 0 Å². The number of nitrogens with zero attached hydrogens (tertiary/aromatic N) is 1. The molecule has 1 saturated heterocycles. The summed E-state index contributed by atoms with van der Waals surface area (Å²) in [6.07, 6.45) is 1.79. The Balaban J connectivity index is 2.15. The molecule has 0 N–H and O–H groups in total. The maximum Gasteiger partial charge on any atom is 0.243 e. The summed E-state index contributed by atoms with van der Waals surface area (Å²) < 4.78 is 27.0. The molecule has 2 rings (SSSR count). The summed E-state index contributed by atoms with van der Waals surface area (Å²) in [6.45, 7) is 5.33. The third kappa shape index (κ3) is 4.38. The number of hydrogen-bond donors (Lipinski definition) is 0. The average Bonchev–Trinajstić information content (AvgIpc) is 2.44. The molecule has 0 atom stereocenters. The molecule has 1 aliphatic heterocycles. The molecule has 0 saturated carbocycles. The van der Waals surface area contributed by atoms with Crippen LogP contribution in [0.25, 0.3) is 0 Å². The molecule has 1 heterocycles. The second-order valence-corrected chi connectivity index (χ2v) is 10.0. The molecular weight excluding hydrogens is 326 g/mol. The van der Waals surface area contributed by atoms with Crippen LogP contribution in [0.4, 0.5) is 0 Å².